The second-order valence-electron chi connectivity index (χ2n) is 4.72. The van der Waals surface area contributed by atoms with Gasteiger partial charge in [0.2, 0.25) is 0 Å². The summed E-state index contributed by atoms with van der Waals surface area (Å²) >= 11 is 0. The van der Waals surface area contributed by atoms with Gasteiger partial charge in [-0.1, -0.05) is 24.3 Å². The van der Waals surface area contributed by atoms with Gasteiger partial charge in [-0.15, -0.1) is 0 Å². The first-order chi connectivity index (χ1) is 6.38. The van der Waals surface area contributed by atoms with Crippen LogP contribution in [0.3, 0.4) is 0 Å². The lowest BCUT2D eigenvalue weighted by molar-refractivity contribution is 0.150. The second-order valence-corrected chi connectivity index (χ2v) is 4.72. The normalized spacial score (nSPS) is 48.8. The molecular formula is C12H12O. The zero-order valence-corrected chi connectivity index (χ0v) is 7.35. The fraction of sp³-hybridized carbons (Fsp3) is 0.500. The van der Waals surface area contributed by atoms with E-state index in [0.717, 1.165) is 24.2 Å². The van der Waals surface area contributed by atoms with Crippen LogP contribution in [0.15, 0.2) is 24.3 Å². The van der Waals surface area contributed by atoms with Crippen LogP contribution in [-0.4, -0.2) is 11.2 Å². The maximum Gasteiger partial charge on any atom is 0.0614 e. The Morgan fingerprint density at radius 1 is 1.08 bits per heavy atom. The van der Waals surface area contributed by atoms with E-state index in [0.29, 0.717) is 5.92 Å². The summed E-state index contributed by atoms with van der Waals surface area (Å²) in [6, 6.07) is 8.69. The molecule has 4 rings (SSSR count). The minimum absolute atomic E-state index is 0.0464. The van der Waals surface area contributed by atoms with Gasteiger partial charge in [-0.05, 0) is 35.3 Å². The summed E-state index contributed by atoms with van der Waals surface area (Å²) < 4.78 is 0. The minimum Gasteiger partial charge on any atom is -0.392 e. The highest BCUT2D eigenvalue weighted by Gasteiger charge is 2.66. The first-order valence-electron chi connectivity index (χ1n) is 5.15. The lowest BCUT2D eigenvalue weighted by Gasteiger charge is -2.13. The summed E-state index contributed by atoms with van der Waals surface area (Å²) in [5.41, 5.74) is 2.98. The van der Waals surface area contributed by atoms with Crippen molar-refractivity contribution in [1.29, 1.82) is 0 Å². The number of hydrogen-bond acceptors (Lipinski definition) is 1. The molecule has 3 aliphatic rings. The van der Waals surface area contributed by atoms with Crippen molar-refractivity contribution in [3.05, 3.63) is 35.4 Å². The Kier molecular flexibility index (Phi) is 0.929. The zero-order valence-electron chi connectivity index (χ0n) is 7.35. The largest absolute Gasteiger partial charge is 0.392 e. The van der Waals surface area contributed by atoms with E-state index in [1.807, 2.05) is 0 Å². The van der Waals surface area contributed by atoms with Gasteiger partial charge >= 0.3 is 0 Å². The SMILES string of the molecule is O[C@@H]1CC2C3c4ccccc4C1C23. The molecule has 2 fully saturated rings. The van der Waals surface area contributed by atoms with E-state index in [2.05, 4.69) is 24.3 Å². The van der Waals surface area contributed by atoms with Gasteiger partial charge in [0.1, 0.15) is 0 Å². The van der Waals surface area contributed by atoms with Crippen LogP contribution in [-0.2, 0) is 0 Å². The van der Waals surface area contributed by atoms with E-state index in [9.17, 15) is 5.11 Å². The summed E-state index contributed by atoms with van der Waals surface area (Å²) in [7, 11) is 0. The van der Waals surface area contributed by atoms with E-state index < -0.39 is 0 Å². The van der Waals surface area contributed by atoms with E-state index in [4.69, 9.17) is 0 Å². The van der Waals surface area contributed by atoms with Crippen molar-refractivity contribution in [1.82, 2.24) is 0 Å². The lowest BCUT2D eigenvalue weighted by atomic mass is 9.96. The van der Waals surface area contributed by atoms with E-state index in [1.54, 1.807) is 5.56 Å². The third-order valence-electron chi connectivity index (χ3n) is 4.29. The summed E-state index contributed by atoms with van der Waals surface area (Å²) in [4.78, 5) is 0. The summed E-state index contributed by atoms with van der Waals surface area (Å²) in [6.45, 7) is 0. The number of aliphatic hydroxyl groups is 1. The van der Waals surface area contributed by atoms with Crippen molar-refractivity contribution >= 4 is 0 Å². The van der Waals surface area contributed by atoms with Gasteiger partial charge in [-0.25, -0.2) is 0 Å². The average molecular weight is 172 g/mol. The molecule has 5 atom stereocenters. The highest BCUT2D eigenvalue weighted by Crippen LogP contribution is 2.73. The Hall–Kier alpha value is -0.820. The van der Waals surface area contributed by atoms with Crippen LogP contribution >= 0.6 is 0 Å². The molecular weight excluding hydrogens is 160 g/mol. The van der Waals surface area contributed by atoms with Crippen molar-refractivity contribution in [3.8, 4) is 0 Å². The molecule has 0 bridgehead atoms. The van der Waals surface area contributed by atoms with Crippen LogP contribution in [0, 0.1) is 11.8 Å². The van der Waals surface area contributed by atoms with Gasteiger partial charge in [-0.2, -0.15) is 0 Å². The van der Waals surface area contributed by atoms with Crippen LogP contribution in [0.5, 0.6) is 0 Å². The Labute approximate surface area is 77.4 Å². The average Bonchev–Trinajstić information content (AvgIpc) is 2.62. The smallest absolute Gasteiger partial charge is 0.0614 e. The van der Waals surface area contributed by atoms with Crippen molar-refractivity contribution in [2.24, 2.45) is 11.8 Å². The standard InChI is InChI=1S/C12H12O/c13-9-5-8-10-6-3-1-2-4-7(6)11(9)12(8)10/h1-4,8-13H,5H2/t8?,9-,10?,11?,12?/m1/s1. The topological polar surface area (TPSA) is 20.2 Å². The quantitative estimate of drug-likeness (QED) is 0.633. The third-order valence-corrected chi connectivity index (χ3v) is 4.29. The third kappa shape index (κ3) is 0.584. The fourth-order valence-electron chi connectivity index (χ4n) is 3.85. The van der Waals surface area contributed by atoms with Crippen molar-refractivity contribution in [2.75, 3.05) is 0 Å². The number of benzene rings is 1. The molecule has 1 aromatic rings. The van der Waals surface area contributed by atoms with Crippen molar-refractivity contribution in [2.45, 2.75) is 24.4 Å². The molecule has 0 aromatic heterocycles. The monoisotopic (exact) mass is 172 g/mol. The first kappa shape index (κ1) is 6.61. The molecule has 0 saturated heterocycles. The van der Waals surface area contributed by atoms with Gasteiger partial charge in [0, 0.05) is 5.92 Å². The van der Waals surface area contributed by atoms with Crippen molar-refractivity contribution < 1.29 is 5.11 Å². The maximum atomic E-state index is 9.86. The van der Waals surface area contributed by atoms with Gasteiger partial charge in [0.15, 0.2) is 0 Å². The first-order valence-corrected chi connectivity index (χ1v) is 5.15. The number of fused-ring (bicyclic) bond motifs is 4. The molecule has 0 radical (unpaired) electrons. The van der Waals surface area contributed by atoms with E-state index >= 15 is 0 Å². The molecule has 0 amide bonds. The predicted molar refractivity (Wildman–Crippen MR) is 49.5 cm³/mol. The Morgan fingerprint density at radius 3 is 2.54 bits per heavy atom. The molecule has 1 nitrogen and oxygen atoms in total. The van der Waals surface area contributed by atoms with E-state index in [1.165, 1.54) is 5.56 Å². The molecule has 1 heteroatoms. The highest BCUT2D eigenvalue weighted by atomic mass is 16.3. The summed E-state index contributed by atoms with van der Waals surface area (Å²) in [6.07, 6.45) is 1.00. The van der Waals surface area contributed by atoms with Gasteiger partial charge in [0.05, 0.1) is 6.10 Å². The fourth-order valence-corrected chi connectivity index (χ4v) is 3.85. The molecule has 0 heterocycles. The molecule has 3 aliphatic carbocycles. The molecule has 4 unspecified atom stereocenters. The van der Waals surface area contributed by atoms with E-state index in [-0.39, 0.29) is 6.10 Å². The molecule has 66 valence electrons. The summed E-state index contributed by atoms with van der Waals surface area (Å²) in [5, 5.41) is 9.86. The molecule has 1 aromatic carbocycles. The summed E-state index contributed by atoms with van der Waals surface area (Å²) in [5.74, 6) is 2.96. The maximum absolute atomic E-state index is 9.86. The number of rotatable bonds is 0. The van der Waals surface area contributed by atoms with Crippen LogP contribution in [0.1, 0.15) is 29.4 Å². The second kappa shape index (κ2) is 1.83. The molecule has 13 heavy (non-hydrogen) atoms. The van der Waals surface area contributed by atoms with Crippen LogP contribution < -0.4 is 0 Å². The van der Waals surface area contributed by atoms with Gasteiger partial charge < -0.3 is 5.11 Å². The Balaban J connectivity index is 1.97. The predicted octanol–water partition coefficient (Wildman–Crippen LogP) is 1.88. The van der Waals surface area contributed by atoms with Crippen LogP contribution in [0.2, 0.25) is 0 Å². The number of aliphatic hydroxyl groups excluding tert-OH is 1. The highest BCUT2D eigenvalue weighted by molar-refractivity contribution is 5.50. The lowest BCUT2D eigenvalue weighted by Crippen LogP contribution is -2.12. The van der Waals surface area contributed by atoms with Gasteiger partial charge in [-0.3, -0.25) is 0 Å². The van der Waals surface area contributed by atoms with Crippen LogP contribution in [0.25, 0.3) is 0 Å². The van der Waals surface area contributed by atoms with Crippen LogP contribution in [0.4, 0.5) is 0 Å². The molecule has 1 N–H and O–H groups in total. The Morgan fingerprint density at radius 2 is 1.77 bits per heavy atom. The Bertz CT molecular complexity index is 384. The number of hydrogen-bond donors (Lipinski definition) is 1. The van der Waals surface area contributed by atoms with Gasteiger partial charge in [0.25, 0.3) is 0 Å². The molecule has 0 aliphatic heterocycles. The zero-order chi connectivity index (χ0) is 8.58. The molecule has 0 spiro atoms. The van der Waals surface area contributed by atoms with Crippen molar-refractivity contribution in [3.63, 3.8) is 0 Å². The minimum atomic E-state index is -0.0464. The molecule has 2 saturated carbocycles.